The second kappa shape index (κ2) is 8.88. The predicted octanol–water partition coefficient (Wildman–Crippen LogP) is 2.53. The van der Waals surface area contributed by atoms with E-state index in [9.17, 15) is 13.2 Å². The smallest absolute Gasteiger partial charge is 0.242 e. The van der Waals surface area contributed by atoms with Crippen molar-refractivity contribution in [1.82, 2.24) is 4.31 Å². The number of hydrogen-bond acceptors (Lipinski definition) is 5. The number of methoxy groups -OCH3 is 2. The minimum Gasteiger partial charge on any atom is -0.496 e. The van der Waals surface area contributed by atoms with Gasteiger partial charge in [0.15, 0.2) is 0 Å². The largest absolute Gasteiger partial charge is 0.496 e. The number of carbonyl (C=O) groups is 1. The number of benzene rings is 2. The van der Waals surface area contributed by atoms with Gasteiger partial charge in [0, 0.05) is 20.5 Å². The molecule has 0 aromatic heterocycles. The molecule has 0 spiro atoms. The van der Waals surface area contributed by atoms with Crippen molar-refractivity contribution in [2.75, 3.05) is 33.6 Å². The molecule has 0 fully saturated rings. The molecule has 0 saturated heterocycles. The normalized spacial score (nSPS) is 11.3. The number of hydrogen-bond donors (Lipinski definition) is 1. The molecule has 8 heteroatoms. The molecule has 0 aliphatic rings. The van der Waals surface area contributed by atoms with Crippen LogP contribution in [0.25, 0.3) is 0 Å². The van der Waals surface area contributed by atoms with Crippen LogP contribution >= 0.6 is 0 Å². The molecule has 0 atom stereocenters. The van der Waals surface area contributed by atoms with Gasteiger partial charge in [-0.2, -0.15) is 0 Å². The number of carbonyl (C=O) groups excluding carboxylic acids is 1. The fourth-order valence-electron chi connectivity index (χ4n) is 2.53. The lowest BCUT2D eigenvalue weighted by atomic mass is 10.1. The Hall–Kier alpha value is -2.58. The molecular weight excluding hydrogens is 368 g/mol. The third-order valence-corrected chi connectivity index (χ3v) is 5.84. The first-order chi connectivity index (χ1) is 12.8. The highest BCUT2D eigenvalue weighted by atomic mass is 32.2. The Balaban J connectivity index is 2.15. The fraction of sp³-hybridized carbons (Fsp3) is 0.316. The van der Waals surface area contributed by atoms with Crippen molar-refractivity contribution in [3.05, 3.63) is 48.0 Å². The maximum atomic E-state index is 12.3. The summed E-state index contributed by atoms with van der Waals surface area (Å²) in [7, 11) is 2.43. The van der Waals surface area contributed by atoms with Crippen LogP contribution in [0, 0.1) is 0 Å². The number of anilines is 1. The van der Waals surface area contributed by atoms with Crippen LogP contribution in [0.5, 0.6) is 11.5 Å². The highest BCUT2D eigenvalue weighted by Gasteiger charge is 2.19. The van der Waals surface area contributed by atoms with Crippen LogP contribution < -0.4 is 14.8 Å². The minimum atomic E-state index is -3.56. The summed E-state index contributed by atoms with van der Waals surface area (Å²) in [5, 5.41) is 2.80. The molecule has 146 valence electrons. The average molecular weight is 392 g/mol. The van der Waals surface area contributed by atoms with Gasteiger partial charge in [0.2, 0.25) is 15.9 Å². The summed E-state index contributed by atoms with van der Waals surface area (Å²) in [5.74, 6) is 0.905. The summed E-state index contributed by atoms with van der Waals surface area (Å²) in [5.41, 5.74) is 1.23. The van der Waals surface area contributed by atoms with Crippen LogP contribution in [-0.4, -0.2) is 46.9 Å². The zero-order valence-corrected chi connectivity index (χ0v) is 16.7. The van der Waals surface area contributed by atoms with Crippen molar-refractivity contribution < 1.29 is 22.7 Å². The number of ether oxygens (including phenoxy) is 2. The van der Waals surface area contributed by atoms with Gasteiger partial charge in [0.1, 0.15) is 11.5 Å². The van der Waals surface area contributed by atoms with Crippen LogP contribution in [0.1, 0.15) is 12.0 Å². The Labute approximate surface area is 160 Å². The number of sulfonamides is 1. The number of rotatable bonds is 8. The van der Waals surface area contributed by atoms with Crippen LogP contribution in [0.15, 0.2) is 47.4 Å². The second-order valence-electron chi connectivity index (χ2n) is 6.01. The molecule has 0 radical (unpaired) electrons. The molecule has 0 heterocycles. The third-order valence-electron chi connectivity index (χ3n) is 4.03. The van der Waals surface area contributed by atoms with E-state index in [1.807, 2.05) is 6.07 Å². The van der Waals surface area contributed by atoms with Gasteiger partial charge in [0.25, 0.3) is 0 Å². The van der Waals surface area contributed by atoms with E-state index in [-0.39, 0.29) is 17.2 Å². The maximum absolute atomic E-state index is 12.3. The van der Waals surface area contributed by atoms with Crippen molar-refractivity contribution in [3.8, 4) is 11.5 Å². The lowest BCUT2D eigenvalue weighted by Crippen LogP contribution is -2.22. The molecule has 27 heavy (non-hydrogen) atoms. The third kappa shape index (κ3) is 4.99. The molecule has 2 aromatic rings. The molecule has 0 bridgehead atoms. The SMILES string of the molecule is COc1ccc(S(=O)(=O)N(C)C)cc1CCC(=O)Nc1ccccc1OC. The Kier molecular flexibility index (Phi) is 6.81. The van der Waals surface area contributed by atoms with Crippen molar-refractivity contribution in [2.24, 2.45) is 0 Å². The highest BCUT2D eigenvalue weighted by Crippen LogP contribution is 2.26. The number of nitrogens with one attached hydrogen (secondary N) is 1. The van der Waals surface area contributed by atoms with Crippen molar-refractivity contribution in [3.63, 3.8) is 0 Å². The van der Waals surface area contributed by atoms with Crippen molar-refractivity contribution >= 4 is 21.6 Å². The summed E-state index contributed by atoms with van der Waals surface area (Å²) >= 11 is 0. The molecule has 0 unspecified atom stereocenters. The van der Waals surface area contributed by atoms with Crippen LogP contribution in [0.3, 0.4) is 0 Å². The van der Waals surface area contributed by atoms with Crippen LogP contribution in [0.4, 0.5) is 5.69 Å². The van der Waals surface area contributed by atoms with Crippen LogP contribution in [0.2, 0.25) is 0 Å². The topological polar surface area (TPSA) is 84.9 Å². The highest BCUT2D eigenvalue weighted by molar-refractivity contribution is 7.89. The first-order valence-corrected chi connectivity index (χ1v) is 9.76. The zero-order valence-electron chi connectivity index (χ0n) is 15.9. The Morgan fingerprint density at radius 2 is 1.70 bits per heavy atom. The van der Waals surface area contributed by atoms with E-state index in [1.54, 1.807) is 30.3 Å². The van der Waals surface area contributed by atoms with E-state index in [1.165, 1.54) is 34.4 Å². The number of aryl methyl sites for hydroxylation is 1. The zero-order chi connectivity index (χ0) is 20.0. The van der Waals surface area contributed by atoms with E-state index >= 15 is 0 Å². The fourth-order valence-corrected chi connectivity index (χ4v) is 3.48. The van der Waals surface area contributed by atoms with E-state index in [0.29, 0.717) is 29.2 Å². The summed E-state index contributed by atoms with van der Waals surface area (Å²) in [4.78, 5) is 12.5. The quantitative estimate of drug-likeness (QED) is 0.746. The van der Waals surface area contributed by atoms with Gasteiger partial charge >= 0.3 is 0 Å². The van der Waals surface area contributed by atoms with Gasteiger partial charge in [-0.1, -0.05) is 12.1 Å². The molecule has 0 saturated carbocycles. The second-order valence-corrected chi connectivity index (χ2v) is 8.16. The average Bonchev–Trinajstić information content (AvgIpc) is 2.66. The number of amides is 1. The molecule has 0 aliphatic carbocycles. The van der Waals surface area contributed by atoms with Gasteiger partial charge in [0.05, 0.1) is 24.8 Å². The molecular formula is C19H24N2O5S. The molecule has 7 nitrogen and oxygen atoms in total. The van der Waals surface area contributed by atoms with E-state index in [0.717, 1.165) is 4.31 Å². The van der Waals surface area contributed by atoms with Gasteiger partial charge < -0.3 is 14.8 Å². The van der Waals surface area contributed by atoms with Gasteiger partial charge in [-0.05, 0) is 42.3 Å². The standard InChI is InChI=1S/C19H24N2O5S/c1-21(2)27(23,24)15-10-11-17(25-3)14(13-15)9-12-19(22)20-16-7-5-6-8-18(16)26-4/h5-8,10-11,13H,9,12H2,1-4H3,(H,20,22). The Morgan fingerprint density at radius 3 is 2.33 bits per heavy atom. The molecule has 1 N–H and O–H groups in total. The Morgan fingerprint density at radius 1 is 1.04 bits per heavy atom. The van der Waals surface area contributed by atoms with Gasteiger partial charge in [-0.15, -0.1) is 0 Å². The lowest BCUT2D eigenvalue weighted by molar-refractivity contribution is -0.116. The summed E-state index contributed by atoms with van der Waals surface area (Å²) in [6, 6.07) is 11.8. The number of para-hydroxylation sites is 2. The maximum Gasteiger partial charge on any atom is 0.242 e. The van der Waals surface area contributed by atoms with Gasteiger partial charge in [-0.3, -0.25) is 4.79 Å². The van der Waals surface area contributed by atoms with E-state index < -0.39 is 10.0 Å². The van der Waals surface area contributed by atoms with Crippen LogP contribution in [-0.2, 0) is 21.2 Å². The van der Waals surface area contributed by atoms with E-state index in [4.69, 9.17) is 9.47 Å². The van der Waals surface area contributed by atoms with Crippen molar-refractivity contribution in [2.45, 2.75) is 17.7 Å². The van der Waals surface area contributed by atoms with E-state index in [2.05, 4.69) is 5.32 Å². The molecule has 2 aromatic carbocycles. The predicted molar refractivity (Wildman–Crippen MR) is 104 cm³/mol. The first-order valence-electron chi connectivity index (χ1n) is 8.32. The minimum absolute atomic E-state index is 0.161. The lowest BCUT2D eigenvalue weighted by Gasteiger charge is -2.15. The van der Waals surface area contributed by atoms with Gasteiger partial charge in [-0.25, -0.2) is 12.7 Å². The summed E-state index contributed by atoms with van der Waals surface area (Å²) in [6.45, 7) is 0. The molecule has 2 rings (SSSR count). The summed E-state index contributed by atoms with van der Waals surface area (Å²) in [6.07, 6.45) is 0.501. The van der Waals surface area contributed by atoms with Crippen molar-refractivity contribution in [1.29, 1.82) is 0 Å². The first kappa shape index (κ1) is 20.7. The molecule has 0 aliphatic heterocycles. The Bertz CT molecular complexity index is 910. The summed E-state index contributed by atoms with van der Waals surface area (Å²) < 4.78 is 36.3. The monoisotopic (exact) mass is 392 g/mol. The number of nitrogens with zero attached hydrogens (tertiary/aromatic N) is 1. The molecule has 1 amide bonds.